The Morgan fingerprint density at radius 3 is 2.72 bits per heavy atom. The second-order valence-corrected chi connectivity index (χ2v) is 3.66. The van der Waals surface area contributed by atoms with Gasteiger partial charge in [0.2, 0.25) is 11.7 Å². The van der Waals surface area contributed by atoms with E-state index in [1.807, 2.05) is 6.92 Å². The number of hydrogen-bond acceptors (Lipinski definition) is 6. The van der Waals surface area contributed by atoms with Crippen LogP contribution in [-0.4, -0.2) is 41.8 Å². The number of ether oxygens (including phenoxy) is 1. The lowest BCUT2D eigenvalue weighted by Gasteiger charge is -2.21. The summed E-state index contributed by atoms with van der Waals surface area (Å²) in [6.07, 6.45) is 0.802. The second-order valence-electron chi connectivity index (χ2n) is 3.66. The molecule has 0 unspecified atom stereocenters. The van der Waals surface area contributed by atoms with Crippen LogP contribution in [-0.2, 0) is 0 Å². The molecule has 0 amide bonds. The third-order valence-electron chi connectivity index (χ3n) is 2.40. The highest BCUT2D eigenvalue weighted by Gasteiger charge is 2.21. The quantitative estimate of drug-likeness (QED) is 0.582. The highest BCUT2D eigenvalue weighted by Crippen LogP contribution is 2.28. The Morgan fingerprint density at radius 1 is 1.50 bits per heavy atom. The molecule has 0 spiro atoms. The Labute approximate surface area is 105 Å². The lowest BCUT2D eigenvalue weighted by Crippen LogP contribution is -2.29. The molecule has 0 radical (unpaired) electrons. The van der Waals surface area contributed by atoms with E-state index in [4.69, 9.17) is 9.84 Å². The van der Waals surface area contributed by atoms with E-state index in [9.17, 15) is 10.1 Å². The van der Waals surface area contributed by atoms with Crippen molar-refractivity contribution in [2.24, 2.45) is 0 Å². The maximum Gasteiger partial charge on any atom is 0.311 e. The first-order chi connectivity index (χ1) is 8.63. The van der Waals surface area contributed by atoms with Crippen LogP contribution in [0.25, 0.3) is 0 Å². The topological polar surface area (TPSA) is 88.7 Å². The Morgan fingerprint density at radius 2 is 2.22 bits per heavy atom. The summed E-state index contributed by atoms with van der Waals surface area (Å²) in [6, 6.07) is 2.81. The van der Waals surface area contributed by atoms with Crippen molar-refractivity contribution >= 4 is 11.5 Å². The van der Waals surface area contributed by atoms with Crippen LogP contribution in [0.1, 0.15) is 13.3 Å². The molecule has 0 aliphatic heterocycles. The molecular formula is C11H17N3O4. The summed E-state index contributed by atoms with van der Waals surface area (Å²) >= 11 is 0. The van der Waals surface area contributed by atoms with Gasteiger partial charge in [0.1, 0.15) is 0 Å². The molecule has 0 saturated carbocycles. The predicted octanol–water partition coefficient (Wildman–Crippen LogP) is 1.21. The van der Waals surface area contributed by atoms with Crippen LogP contribution in [0.2, 0.25) is 0 Å². The van der Waals surface area contributed by atoms with E-state index >= 15 is 0 Å². The fraction of sp³-hybridized carbons (Fsp3) is 0.545. The summed E-state index contributed by atoms with van der Waals surface area (Å²) in [4.78, 5) is 16.3. The number of nitrogens with zero attached hydrogens (tertiary/aromatic N) is 3. The average Bonchev–Trinajstić information content (AvgIpc) is 2.37. The van der Waals surface area contributed by atoms with E-state index in [0.29, 0.717) is 19.0 Å². The SMILES string of the molecule is CCCN(CCO)c1nc(OC)ccc1[N+](=O)[O-]. The zero-order chi connectivity index (χ0) is 13.5. The molecule has 18 heavy (non-hydrogen) atoms. The van der Waals surface area contributed by atoms with Crippen molar-refractivity contribution in [2.45, 2.75) is 13.3 Å². The molecule has 0 aliphatic rings. The highest BCUT2D eigenvalue weighted by molar-refractivity contribution is 5.59. The normalized spacial score (nSPS) is 10.2. The van der Waals surface area contributed by atoms with Crippen LogP contribution in [0.15, 0.2) is 12.1 Å². The minimum atomic E-state index is -0.484. The summed E-state index contributed by atoms with van der Waals surface area (Å²) in [5.41, 5.74) is -0.0855. The zero-order valence-corrected chi connectivity index (χ0v) is 10.5. The van der Waals surface area contributed by atoms with Gasteiger partial charge in [-0.05, 0) is 6.42 Å². The molecular weight excluding hydrogens is 238 g/mol. The number of anilines is 1. The van der Waals surface area contributed by atoms with Gasteiger partial charge in [-0.15, -0.1) is 0 Å². The van der Waals surface area contributed by atoms with Crippen molar-refractivity contribution < 1.29 is 14.8 Å². The monoisotopic (exact) mass is 255 g/mol. The minimum absolute atomic E-state index is 0.0855. The molecule has 1 rings (SSSR count). The number of aliphatic hydroxyl groups excluding tert-OH is 1. The number of hydrogen-bond donors (Lipinski definition) is 1. The number of nitro groups is 1. The van der Waals surface area contributed by atoms with Crippen LogP contribution in [0.4, 0.5) is 11.5 Å². The summed E-state index contributed by atoms with van der Waals surface area (Å²) in [7, 11) is 1.45. The van der Waals surface area contributed by atoms with Gasteiger partial charge < -0.3 is 14.7 Å². The first-order valence-corrected chi connectivity index (χ1v) is 5.69. The lowest BCUT2D eigenvalue weighted by atomic mass is 10.3. The molecule has 0 aliphatic carbocycles. The van der Waals surface area contributed by atoms with E-state index in [0.717, 1.165) is 6.42 Å². The first kappa shape index (κ1) is 14.2. The molecule has 1 aromatic rings. The molecule has 0 bridgehead atoms. The largest absolute Gasteiger partial charge is 0.481 e. The van der Waals surface area contributed by atoms with Gasteiger partial charge >= 0.3 is 5.69 Å². The first-order valence-electron chi connectivity index (χ1n) is 5.69. The van der Waals surface area contributed by atoms with Gasteiger partial charge in [-0.2, -0.15) is 4.98 Å². The Kier molecular flexibility index (Phi) is 5.31. The van der Waals surface area contributed by atoms with Gasteiger partial charge in [0.25, 0.3) is 0 Å². The molecule has 7 nitrogen and oxygen atoms in total. The van der Waals surface area contributed by atoms with E-state index in [1.54, 1.807) is 4.90 Å². The van der Waals surface area contributed by atoms with Gasteiger partial charge in [-0.3, -0.25) is 10.1 Å². The summed E-state index contributed by atoms with van der Waals surface area (Å²) in [6.45, 7) is 2.75. The zero-order valence-electron chi connectivity index (χ0n) is 10.5. The van der Waals surface area contributed by atoms with Gasteiger partial charge in [-0.1, -0.05) is 6.92 Å². The Hall–Kier alpha value is -1.89. The van der Waals surface area contributed by atoms with Gasteiger partial charge in [0, 0.05) is 25.2 Å². The molecule has 0 aromatic carbocycles. The van der Waals surface area contributed by atoms with Crippen molar-refractivity contribution in [1.29, 1.82) is 0 Å². The Bertz CT molecular complexity index is 405. The third kappa shape index (κ3) is 3.30. The summed E-state index contributed by atoms with van der Waals surface area (Å²) in [5, 5.41) is 20.0. The van der Waals surface area contributed by atoms with Crippen molar-refractivity contribution in [2.75, 3.05) is 31.7 Å². The van der Waals surface area contributed by atoms with Crippen LogP contribution in [0.5, 0.6) is 5.88 Å². The maximum absolute atomic E-state index is 11.0. The number of aromatic nitrogens is 1. The van der Waals surface area contributed by atoms with Gasteiger partial charge in [0.05, 0.1) is 18.6 Å². The van der Waals surface area contributed by atoms with Crippen molar-refractivity contribution in [3.8, 4) is 5.88 Å². The number of aliphatic hydroxyl groups is 1. The van der Waals surface area contributed by atoms with E-state index in [-0.39, 0.29) is 18.1 Å². The highest BCUT2D eigenvalue weighted by atomic mass is 16.6. The van der Waals surface area contributed by atoms with Crippen molar-refractivity contribution in [3.63, 3.8) is 0 Å². The second kappa shape index (κ2) is 6.75. The molecule has 0 saturated heterocycles. The maximum atomic E-state index is 11.0. The fourth-order valence-corrected chi connectivity index (χ4v) is 1.63. The summed E-state index contributed by atoms with van der Waals surface area (Å²) in [5.74, 6) is 0.546. The van der Waals surface area contributed by atoms with E-state index in [1.165, 1.54) is 19.2 Å². The molecule has 7 heteroatoms. The lowest BCUT2D eigenvalue weighted by molar-refractivity contribution is -0.384. The third-order valence-corrected chi connectivity index (χ3v) is 2.40. The minimum Gasteiger partial charge on any atom is -0.481 e. The standard InChI is InChI=1S/C11H17N3O4/c1-3-6-13(7-8-15)11-9(14(16)17)4-5-10(12-11)18-2/h4-5,15H,3,6-8H2,1-2H3. The molecule has 1 heterocycles. The van der Waals surface area contributed by atoms with Crippen LogP contribution < -0.4 is 9.64 Å². The molecule has 100 valence electrons. The van der Waals surface area contributed by atoms with Gasteiger partial charge in [0.15, 0.2) is 0 Å². The molecule has 0 atom stereocenters. The number of methoxy groups -OCH3 is 1. The number of pyridine rings is 1. The van der Waals surface area contributed by atoms with Crippen LogP contribution in [0, 0.1) is 10.1 Å². The molecule has 1 aromatic heterocycles. The average molecular weight is 255 g/mol. The number of rotatable bonds is 7. The molecule has 1 N–H and O–H groups in total. The fourth-order valence-electron chi connectivity index (χ4n) is 1.63. The van der Waals surface area contributed by atoms with Crippen LogP contribution >= 0.6 is 0 Å². The van der Waals surface area contributed by atoms with Gasteiger partial charge in [-0.25, -0.2) is 0 Å². The van der Waals surface area contributed by atoms with Crippen molar-refractivity contribution in [1.82, 2.24) is 4.98 Å². The smallest absolute Gasteiger partial charge is 0.311 e. The van der Waals surface area contributed by atoms with E-state index < -0.39 is 4.92 Å². The predicted molar refractivity (Wildman–Crippen MR) is 67.0 cm³/mol. The van der Waals surface area contributed by atoms with Crippen molar-refractivity contribution in [3.05, 3.63) is 22.2 Å². The summed E-state index contributed by atoms with van der Waals surface area (Å²) < 4.78 is 4.97. The van der Waals surface area contributed by atoms with Crippen LogP contribution in [0.3, 0.4) is 0 Å². The molecule has 0 fully saturated rings. The van der Waals surface area contributed by atoms with E-state index in [2.05, 4.69) is 4.98 Å². The Balaban J connectivity index is 3.18.